The van der Waals surface area contributed by atoms with Gasteiger partial charge in [-0.25, -0.2) is 12.8 Å². The molecule has 0 aliphatic heterocycles. The van der Waals surface area contributed by atoms with Gasteiger partial charge in [-0.2, -0.15) is 0 Å². The van der Waals surface area contributed by atoms with Crippen LogP contribution in [0.3, 0.4) is 0 Å². The van der Waals surface area contributed by atoms with Gasteiger partial charge in [0.1, 0.15) is 15.7 Å². The van der Waals surface area contributed by atoms with Gasteiger partial charge in [0, 0.05) is 18.4 Å². The van der Waals surface area contributed by atoms with E-state index in [0.29, 0.717) is 5.69 Å². The highest BCUT2D eigenvalue weighted by Crippen LogP contribution is 2.20. The Morgan fingerprint density at radius 1 is 1.44 bits per heavy atom. The second-order valence-electron chi connectivity index (χ2n) is 3.91. The number of carbonyl (C=O) groups is 1. The first-order valence-electron chi connectivity index (χ1n) is 5.20. The van der Waals surface area contributed by atoms with E-state index in [1.54, 1.807) is 0 Å². The van der Waals surface area contributed by atoms with Crippen LogP contribution in [0, 0.1) is 5.82 Å². The molecule has 0 radical (unpaired) electrons. The summed E-state index contributed by atoms with van der Waals surface area (Å²) in [7, 11) is -3.04. The molecule has 0 saturated carbocycles. The number of hydrogen-bond acceptors (Lipinski definition) is 3. The Morgan fingerprint density at radius 3 is 2.67 bits per heavy atom. The number of sulfone groups is 1. The van der Waals surface area contributed by atoms with E-state index in [4.69, 9.17) is 0 Å². The second kappa shape index (κ2) is 6.29. The monoisotopic (exact) mass is 337 g/mol. The number of hydrogen-bond donors (Lipinski definition) is 1. The molecule has 1 aromatic carbocycles. The normalized spacial score (nSPS) is 11.3. The lowest BCUT2D eigenvalue weighted by atomic mass is 10.3. The highest BCUT2D eigenvalue weighted by atomic mass is 79.9. The molecular weight excluding hydrogens is 325 g/mol. The summed E-state index contributed by atoms with van der Waals surface area (Å²) in [6.45, 7) is 0. The zero-order valence-corrected chi connectivity index (χ0v) is 12.1. The lowest BCUT2D eigenvalue weighted by Crippen LogP contribution is -2.13. The molecule has 18 heavy (non-hydrogen) atoms. The maximum absolute atomic E-state index is 12.9. The van der Waals surface area contributed by atoms with Crippen molar-refractivity contribution in [2.24, 2.45) is 0 Å². The van der Waals surface area contributed by atoms with Crippen LogP contribution >= 0.6 is 15.9 Å². The Bertz CT molecular complexity index is 545. The van der Waals surface area contributed by atoms with Crippen molar-refractivity contribution in [1.29, 1.82) is 0 Å². The number of anilines is 1. The Labute approximate surface area is 114 Å². The van der Waals surface area contributed by atoms with E-state index in [9.17, 15) is 17.6 Å². The number of amides is 1. The van der Waals surface area contributed by atoms with Crippen LogP contribution in [0.5, 0.6) is 0 Å². The lowest BCUT2D eigenvalue weighted by molar-refractivity contribution is -0.116. The van der Waals surface area contributed by atoms with Gasteiger partial charge < -0.3 is 5.32 Å². The van der Waals surface area contributed by atoms with Gasteiger partial charge in [-0.1, -0.05) is 0 Å². The first-order chi connectivity index (χ1) is 8.28. The van der Waals surface area contributed by atoms with Crippen LogP contribution in [0.25, 0.3) is 0 Å². The smallest absolute Gasteiger partial charge is 0.224 e. The minimum absolute atomic E-state index is 0.0203. The van der Waals surface area contributed by atoms with E-state index in [2.05, 4.69) is 21.2 Å². The third-order valence-corrected chi connectivity index (χ3v) is 3.76. The van der Waals surface area contributed by atoms with Crippen LogP contribution in [-0.4, -0.2) is 26.3 Å². The largest absolute Gasteiger partial charge is 0.326 e. The van der Waals surface area contributed by atoms with Crippen LogP contribution in [0.1, 0.15) is 12.8 Å². The standard InChI is InChI=1S/C11H13BrFNO3S/c1-18(16,17)6-2-3-11(15)14-8-4-5-10(13)9(12)7-8/h4-5,7H,2-3,6H2,1H3,(H,14,15). The zero-order chi connectivity index (χ0) is 13.8. The number of rotatable bonds is 5. The van der Waals surface area contributed by atoms with Gasteiger partial charge in [0.25, 0.3) is 0 Å². The zero-order valence-electron chi connectivity index (χ0n) is 9.74. The van der Waals surface area contributed by atoms with E-state index in [1.165, 1.54) is 18.2 Å². The molecule has 4 nitrogen and oxygen atoms in total. The van der Waals surface area contributed by atoms with Crippen molar-refractivity contribution in [1.82, 2.24) is 0 Å². The topological polar surface area (TPSA) is 63.2 Å². The summed E-state index contributed by atoms with van der Waals surface area (Å²) in [5, 5.41) is 2.57. The summed E-state index contributed by atoms with van der Waals surface area (Å²) in [6.07, 6.45) is 1.51. The number of nitrogens with one attached hydrogen (secondary N) is 1. The van der Waals surface area contributed by atoms with Crippen LogP contribution in [0.15, 0.2) is 22.7 Å². The van der Waals surface area contributed by atoms with Gasteiger partial charge in [-0.05, 0) is 40.5 Å². The predicted molar refractivity (Wildman–Crippen MR) is 71.7 cm³/mol. The molecule has 1 aromatic rings. The van der Waals surface area contributed by atoms with Gasteiger partial charge in [0.2, 0.25) is 5.91 Å². The summed E-state index contributed by atoms with van der Waals surface area (Å²) in [5.41, 5.74) is 0.465. The molecule has 0 spiro atoms. The van der Waals surface area contributed by atoms with E-state index >= 15 is 0 Å². The van der Waals surface area contributed by atoms with Crippen molar-refractivity contribution >= 4 is 37.4 Å². The SMILES string of the molecule is CS(=O)(=O)CCCC(=O)Nc1ccc(F)c(Br)c1. The molecule has 7 heteroatoms. The average Bonchev–Trinajstić information content (AvgIpc) is 2.21. The fourth-order valence-corrected chi connectivity index (χ4v) is 2.34. The van der Waals surface area contributed by atoms with Gasteiger partial charge in [0.15, 0.2) is 0 Å². The molecule has 1 amide bonds. The molecule has 0 saturated heterocycles. The first kappa shape index (κ1) is 15.1. The van der Waals surface area contributed by atoms with Crippen molar-refractivity contribution < 1.29 is 17.6 Å². The van der Waals surface area contributed by atoms with Crippen molar-refractivity contribution in [3.8, 4) is 0 Å². The Kier molecular flexibility index (Phi) is 5.28. The minimum atomic E-state index is -3.04. The number of benzene rings is 1. The summed E-state index contributed by atoms with van der Waals surface area (Å²) >= 11 is 3.01. The molecular formula is C11H13BrFNO3S. The fraction of sp³-hybridized carbons (Fsp3) is 0.364. The van der Waals surface area contributed by atoms with Crippen molar-refractivity contribution in [3.63, 3.8) is 0 Å². The molecule has 0 aliphatic rings. The molecule has 0 unspecified atom stereocenters. The lowest BCUT2D eigenvalue weighted by Gasteiger charge is -2.05. The Morgan fingerprint density at radius 2 is 2.11 bits per heavy atom. The molecule has 0 heterocycles. The Balaban J connectivity index is 2.47. The van der Waals surface area contributed by atoms with Crippen molar-refractivity contribution in [2.45, 2.75) is 12.8 Å². The average molecular weight is 338 g/mol. The van der Waals surface area contributed by atoms with Gasteiger partial charge in [0.05, 0.1) is 10.2 Å². The summed E-state index contributed by atoms with van der Waals surface area (Å²) < 4.78 is 35.0. The summed E-state index contributed by atoms with van der Waals surface area (Å²) in [6, 6.07) is 4.12. The summed E-state index contributed by atoms with van der Waals surface area (Å²) in [4.78, 5) is 11.5. The molecule has 1 N–H and O–H groups in total. The highest BCUT2D eigenvalue weighted by molar-refractivity contribution is 9.10. The van der Waals surface area contributed by atoms with Crippen molar-refractivity contribution in [3.05, 3.63) is 28.5 Å². The third-order valence-electron chi connectivity index (χ3n) is 2.12. The number of carbonyl (C=O) groups excluding carboxylic acids is 1. The third kappa shape index (κ3) is 5.59. The number of halogens is 2. The van der Waals surface area contributed by atoms with Crippen LogP contribution < -0.4 is 5.32 Å². The van der Waals surface area contributed by atoms with E-state index in [1.807, 2.05) is 0 Å². The van der Waals surface area contributed by atoms with E-state index < -0.39 is 15.7 Å². The van der Waals surface area contributed by atoms with Crippen LogP contribution in [0.4, 0.5) is 10.1 Å². The van der Waals surface area contributed by atoms with Gasteiger partial charge >= 0.3 is 0 Å². The molecule has 100 valence electrons. The fourth-order valence-electron chi connectivity index (χ4n) is 1.29. The molecule has 1 rings (SSSR count). The quantitative estimate of drug-likeness (QED) is 0.896. The van der Waals surface area contributed by atoms with Gasteiger partial charge in [-0.15, -0.1) is 0 Å². The minimum Gasteiger partial charge on any atom is -0.326 e. The van der Waals surface area contributed by atoms with E-state index in [0.717, 1.165) is 6.26 Å². The first-order valence-corrected chi connectivity index (χ1v) is 8.06. The van der Waals surface area contributed by atoms with E-state index in [-0.39, 0.29) is 29.0 Å². The van der Waals surface area contributed by atoms with Gasteiger partial charge in [-0.3, -0.25) is 4.79 Å². The summed E-state index contributed by atoms with van der Waals surface area (Å²) in [5.74, 6) is -0.727. The maximum atomic E-state index is 12.9. The molecule has 0 bridgehead atoms. The molecule has 0 fully saturated rings. The maximum Gasteiger partial charge on any atom is 0.224 e. The Hall–Kier alpha value is -0.950. The van der Waals surface area contributed by atoms with Crippen LogP contribution in [0.2, 0.25) is 0 Å². The van der Waals surface area contributed by atoms with Crippen molar-refractivity contribution in [2.75, 3.05) is 17.3 Å². The second-order valence-corrected chi connectivity index (χ2v) is 7.02. The van der Waals surface area contributed by atoms with Crippen LogP contribution in [-0.2, 0) is 14.6 Å². The molecule has 0 atom stereocenters. The predicted octanol–water partition coefficient (Wildman–Crippen LogP) is 2.35. The highest BCUT2D eigenvalue weighted by Gasteiger charge is 2.07. The molecule has 0 aromatic heterocycles. The molecule has 0 aliphatic carbocycles.